The summed E-state index contributed by atoms with van der Waals surface area (Å²) in [5.74, 6) is -0.200. The highest BCUT2D eigenvalue weighted by atomic mass is 16.5. The van der Waals surface area contributed by atoms with Gasteiger partial charge >= 0.3 is 5.97 Å². The summed E-state index contributed by atoms with van der Waals surface area (Å²) in [5.41, 5.74) is 0. The Hall–Kier alpha value is -1.10. The summed E-state index contributed by atoms with van der Waals surface area (Å²) < 4.78 is 10.4. The Morgan fingerprint density at radius 1 is 1.25 bits per heavy atom. The third-order valence-electron chi connectivity index (χ3n) is 4.26. The third-order valence-corrected chi connectivity index (χ3v) is 4.26. The SMILES string of the molecule is COC(=O)C1CCCN(C(=O)CCC2CCCCO2)C1. The number of hydrogen-bond donors (Lipinski definition) is 0. The fourth-order valence-electron chi connectivity index (χ4n) is 3.04. The first-order chi connectivity index (χ1) is 9.70. The van der Waals surface area contributed by atoms with E-state index in [0.29, 0.717) is 13.0 Å². The van der Waals surface area contributed by atoms with E-state index in [9.17, 15) is 9.59 Å². The molecule has 5 heteroatoms. The Morgan fingerprint density at radius 3 is 2.80 bits per heavy atom. The maximum absolute atomic E-state index is 12.2. The van der Waals surface area contributed by atoms with E-state index in [1.165, 1.54) is 13.5 Å². The minimum atomic E-state index is -0.196. The summed E-state index contributed by atoms with van der Waals surface area (Å²) in [6.45, 7) is 2.10. The lowest BCUT2D eigenvalue weighted by atomic mass is 9.97. The molecule has 2 aliphatic heterocycles. The number of methoxy groups -OCH3 is 1. The van der Waals surface area contributed by atoms with Gasteiger partial charge in [0, 0.05) is 26.1 Å². The molecule has 0 N–H and O–H groups in total. The van der Waals surface area contributed by atoms with Crippen molar-refractivity contribution in [3.63, 3.8) is 0 Å². The minimum absolute atomic E-state index is 0.146. The molecule has 5 nitrogen and oxygen atoms in total. The maximum Gasteiger partial charge on any atom is 0.310 e. The number of ether oxygens (including phenoxy) is 2. The summed E-state index contributed by atoms with van der Waals surface area (Å²) in [7, 11) is 1.41. The predicted molar refractivity (Wildman–Crippen MR) is 74.1 cm³/mol. The van der Waals surface area contributed by atoms with Gasteiger partial charge in [0.1, 0.15) is 0 Å². The zero-order chi connectivity index (χ0) is 14.4. The first-order valence-electron chi connectivity index (χ1n) is 7.68. The average molecular weight is 283 g/mol. The summed E-state index contributed by atoms with van der Waals surface area (Å²) >= 11 is 0. The van der Waals surface area contributed by atoms with Gasteiger partial charge in [-0.05, 0) is 38.5 Å². The number of amides is 1. The number of likely N-dealkylation sites (tertiary alicyclic amines) is 1. The van der Waals surface area contributed by atoms with Crippen LogP contribution in [0.1, 0.15) is 44.9 Å². The molecule has 2 rings (SSSR count). The van der Waals surface area contributed by atoms with E-state index < -0.39 is 0 Å². The Kier molecular flexibility index (Phi) is 5.83. The van der Waals surface area contributed by atoms with Crippen LogP contribution in [-0.4, -0.2) is 49.7 Å². The van der Waals surface area contributed by atoms with E-state index in [4.69, 9.17) is 9.47 Å². The van der Waals surface area contributed by atoms with Crippen molar-refractivity contribution in [3.8, 4) is 0 Å². The van der Waals surface area contributed by atoms with Crippen molar-refractivity contribution in [2.75, 3.05) is 26.8 Å². The van der Waals surface area contributed by atoms with Crippen molar-refractivity contribution in [2.24, 2.45) is 5.92 Å². The third kappa shape index (κ3) is 4.20. The quantitative estimate of drug-likeness (QED) is 0.738. The van der Waals surface area contributed by atoms with E-state index in [-0.39, 0.29) is 23.9 Å². The number of carbonyl (C=O) groups is 2. The molecule has 0 aromatic carbocycles. The molecule has 2 atom stereocenters. The molecular formula is C15H25NO4. The largest absolute Gasteiger partial charge is 0.469 e. The number of nitrogens with zero attached hydrogens (tertiary/aromatic N) is 1. The Balaban J connectivity index is 1.75. The molecule has 2 heterocycles. The lowest BCUT2D eigenvalue weighted by Crippen LogP contribution is -2.42. The van der Waals surface area contributed by atoms with Gasteiger partial charge in [-0.2, -0.15) is 0 Å². The van der Waals surface area contributed by atoms with E-state index >= 15 is 0 Å². The zero-order valence-corrected chi connectivity index (χ0v) is 12.3. The predicted octanol–water partition coefficient (Wildman–Crippen LogP) is 1.75. The van der Waals surface area contributed by atoms with E-state index in [1.54, 1.807) is 0 Å². The van der Waals surface area contributed by atoms with Crippen LogP contribution in [0.5, 0.6) is 0 Å². The molecule has 20 heavy (non-hydrogen) atoms. The van der Waals surface area contributed by atoms with Crippen molar-refractivity contribution in [1.29, 1.82) is 0 Å². The van der Waals surface area contributed by atoms with Crippen molar-refractivity contribution in [3.05, 3.63) is 0 Å². The molecule has 2 unspecified atom stereocenters. The highest BCUT2D eigenvalue weighted by Gasteiger charge is 2.29. The lowest BCUT2D eigenvalue weighted by molar-refractivity contribution is -0.149. The molecule has 0 aromatic heterocycles. The normalized spacial score (nSPS) is 27.1. The highest BCUT2D eigenvalue weighted by molar-refractivity contribution is 5.78. The monoisotopic (exact) mass is 283 g/mol. The Morgan fingerprint density at radius 2 is 2.10 bits per heavy atom. The van der Waals surface area contributed by atoms with Crippen LogP contribution in [0.25, 0.3) is 0 Å². The number of rotatable bonds is 4. The Labute approximate surface area is 120 Å². The second-order valence-corrected chi connectivity index (χ2v) is 5.73. The van der Waals surface area contributed by atoms with Crippen molar-refractivity contribution in [1.82, 2.24) is 4.90 Å². The van der Waals surface area contributed by atoms with Crippen LogP contribution in [0.3, 0.4) is 0 Å². The highest BCUT2D eigenvalue weighted by Crippen LogP contribution is 2.21. The zero-order valence-electron chi connectivity index (χ0n) is 12.3. The molecule has 0 aliphatic carbocycles. The van der Waals surface area contributed by atoms with Gasteiger partial charge in [-0.3, -0.25) is 9.59 Å². The summed E-state index contributed by atoms with van der Waals surface area (Å²) in [6, 6.07) is 0. The Bertz CT molecular complexity index is 339. The molecule has 0 bridgehead atoms. The van der Waals surface area contributed by atoms with Crippen LogP contribution in [0.15, 0.2) is 0 Å². The van der Waals surface area contributed by atoms with Crippen LogP contribution in [0.4, 0.5) is 0 Å². The number of piperidine rings is 1. The topological polar surface area (TPSA) is 55.8 Å². The van der Waals surface area contributed by atoms with Gasteiger partial charge in [-0.25, -0.2) is 0 Å². The summed E-state index contributed by atoms with van der Waals surface area (Å²) in [5, 5.41) is 0. The molecule has 2 fully saturated rings. The number of carbonyl (C=O) groups excluding carboxylic acids is 2. The molecule has 0 radical (unpaired) electrons. The first-order valence-corrected chi connectivity index (χ1v) is 7.68. The van der Waals surface area contributed by atoms with Gasteiger partial charge in [-0.1, -0.05) is 0 Å². The van der Waals surface area contributed by atoms with Gasteiger partial charge in [0.15, 0.2) is 0 Å². The van der Waals surface area contributed by atoms with Crippen molar-refractivity contribution < 1.29 is 19.1 Å². The van der Waals surface area contributed by atoms with Crippen molar-refractivity contribution >= 4 is 11.9 Å². The van der Waals surface area contributed by atoms with Crippen LogP contribution in [0.2, 0.25) is 0 Å². The van der Waals surface area contributed by atoms with Crippen LogP contribution in [-0.2, 0) is 19.1 Å². The molecule has 0 aromatic rings. The summed E-state index contributed by atoms with van der Waals surface area (Å²) in [6.07, 6.45) is 6.68. The fraction of sp³-hybridized carbons (Fsp3) is 0.867. The second kappa shape index (κ2) is 7.62. The van der Waals surface area contributed by atoms with E-state index in [0.717, 1.165) is 45.3 Å². The average Bonchev–Trinajstić information content (AvgIpc) is 2.53. The molecule has 1 amide bonds. The van der Waals surface area contributed by atoms with Gasteiger partial charge < -0.3 is 14.4 Å². The van der Waals surface area contributed by atoms with Gasteiger partial charge in [0.05, 0.1) is 19.1 Å². The summed E-state index contributed by atoms with van der Waals surface area (Å²) in [4.78, 5) is 25.6. The van der Waals surface area contributed by atoms with Gasteiger partial charge in [0.25, 0.3) is 0 Å². The molecule has 0 spiro atoms. The smallest absolute Gasteiger partial charge is 0.310 e. The molecule has 2 aliphatic rings. The molecule has 114 valence electrons. The van der Waals surface area contributed by atoms with Gasteiger partial charge in [0.2, 0.25) is 5.91 Å². The van der Waals surface area contributed by atoms with Crippen molar-refractivity contribution in [2.45, 2.75) is 51.0 Å². The standard InChI is InChI=1S/C15H25NO4/c1-19-15(18)12-5-4-9-16(11-12)14(17)8-7-13-6-2-3-10-20-13/h12-13H,2-11H2,1H3. The van der Waals surface area contributed by atoms with Crippen LogP contribution in [0, 0.1) is 5.92 Å². The lowest BCUT2D eigenvalue weighted by Gasteiger charge is -2.32. The van der Waals surface area contributed by atoms with Crippen LogP contribution >= 0.6 is 0 Å². The number of hydrogen-bond acceptors (Lipinski definition) is 4. The fourth-order valence-corrected chi connectivity index (χ4v) is 3.04. The van der Waals surface area contributed by atoms with Gasteiger partial charge in [-0.15, -0.1) is 0 Å². The maximum atomic E-state index is 12.2. The number of esters is 1. The van der Waals surface area contributed by atoms with E-state index in [1.807, 2.05) is 4.90 Å². The molecule has 2 saturated heterocycles. The molecule has 0 saturated carbocycles. The molecular weight excluding hydrogens is 258 g/mol. The second-order valence-electron chi connectivity index (χ2n) is 5.73. The first kappa shape index (κ1) is 15.3. The minimum Gasteiger partial charge on any atom is -0.469 e. The van der Waals surface area contributed by atoms with E-state index in [2.05, 4.69) is 0 Å². The van der Waals surface area contributed by atoms with Crippen LogP contribution < -0.4 is 0 Å².